The van der Waals surface area contributed by atoms with Gasteiger partial charge >= 0.3 is 5.97 Å². The molecule has 4 aliphatic carbocycles. The zero-order valence-electron chi connectivity index (χ0n) is 28.3. The molecule has 49 heavy (non-hydrogen) atoms. The predicted octanol–water partition coefficient (Wildman–Crippen LogP) is -0.603. The summed E-state index contributed by atoms with van der Waals surface area (Å²) in [6.07, 6.45) is -7.60. The van der Waals surface area contributed by atoms with E-state index in [0.717, 1.165) is 44.1 Å². The number of carbonyl (C=O) groups excluding carboxylic acids is 1. The van der Waals surface area contributed by atoms with Crippen molar-refractivity contribution in [3.8, 4) is 0 Å². The molecule has 0 spiro atoms. The molecule has 0 bridgehead atoms. The third kappa shape index (κ3) is 5.73. The maximum Gasteiger partial charge on any atom is 0.310 e. The number of carbonyl (C=O) groups is 1. The zero-order chi connectivity index (χ0) is 35.0. The van der Waals surface area contributed by atoms with Crippen LogP contribution in [0.2, 0.25) is 0 Å². The van der Waals surface area contributed by atoms with Crippen molar-refractivity contribution < 1.29 is 69.3 Å². The Kier molecular flexibility index (Phi) is 9.80. The van der Waals surface area contributed by atoms with Gasteiger partial charge in [-0.1, -0.05) is 19.4 Å². The number of ether oxygens (including phenoxy) is 5. The fraction of sp³-hybridized carbons (Fsp3) is 0.914. The second-order valence-electron chi connectivity index (χ2n) is 16.2. The van der Waals surface area contributed by atoms with Gasteiger partial charge in [0.1, 0.15) is 55.4 Å². The Hall–Kier alpha value is -1.27. The monoisotopic (exact) mass is 698 g/mol. The second kappa shape index (κ2) is 13.3. The second-order valence-corrected chi connectivity index (χ2v) is 16.2. The van der Waals surface area contributed by atoms with Crippen molar-refractivity contribution in [2.45, 2.75) is 151 Å². The molecule has 7 fully saturated rings. The first-order valence-electron chi connectivity index (χ1n) is 18.1. The molecule has 14 nitrogen and oxygen atoms in total. The molecule has 8 N–H and O–H groups in total. The van der Waals surface area contributed by atoms with Crippen molar-refractivity contribution in [2.75, 3.05) is 19.8 Å². The highest BCUT2D eigenvalue weighted by Gasteiger charge is 2.66. The van der Waals surface area contributed by atoms with E-state index in [4.69, 9.17) is 23.7 Å². The molecule has 7 rings (SSSR count). The minimum Gasteiger partial charge on any atom is -0.461 e. The highest BCUT2D eigenvalue weighted by atomic mass is 16.8. The van der Waals surface area contributed by atoms with Gasteiger partial charge in [0.05, 0.1) is 31.3 Å². The highest BCUT2D eigenvalue weighted by molar-refractivity contribution is 5.76. The maximum absolute atomic E-state index is 12.5. The molecule has 278 valence electrons. The smallest absolute Gasteiger partial charge is 0.310 e. The minimum absolute atomic E-state index is 0.0365. The van der Waals surface area contributed by atoms with E-state index < -0.39 is 80.2 Å². The van der Waals surface area contributed by atoms with Crippen LogP contribution in [0.4, 0.5) is 0 Å². The number of fused-ring (bicyclic) bond motifs is 5. The largest absolute Gasteiger partial charge is 0.461 e. The SMILES string of the molecule is C[C@@]12CC[C@H](O[C@H]3O[C@@H](CO)[C@H](O)[C@@H](O)[C@@H]3O[C@@H]3O[C@H](CO)[C@@H](O)[C@H](O)[C@@H]3O)C[C@@H]1CC[C@H]1[C@H]2CC[C@@]2(C)/C(=C3/COC(=O)C3)CC[C@]12O. The first kappa shape index (κ1) is 36.1. The van der Waals surface area contributed by atoms with E-state index in [1.54, 1.807) is 0 Å². The van der Waals surface area contributed by atoms with Crippen molar-refractivity contribution in [1.29, 1.82) is 0 Å². The van der Waals surface area contributed by atoms with Crippen LogP contribution in [0.3, 0.4) is 0 Å². The quantitative estimate of drug-likeness (QED) is 0.0986. The first-order valence-corrected chi connectivity index (χ1v) is 18.1. The zero-order valence-corrected chi connectivity index (χ0v) is 28.3. The van der Waals surface area contributed by atoms with E-state index in [1.165, 1.54) is 5.57 Å². The van der Waals surface area contributed by atoms with Crippen molar-refractivity contribution in [3.05, 3.63) is 11.1 Å². The van der Waals surface area contributed by atoms with Gasteiger partial charge in [-0.25, -0.2) is 0 Å². The summed E-state index contributed by atoms with van der Waals surface area (Å²) in [5, 5.41) is 84.8. The number of hydrogen-bond donors (Lipinski definition) is 8. The van der Waals surface area contributed by atoms with Crippen LogP contribution in [0.15, 0.2) is 11.1 Å². The summed E-state index contributed by atoms with van der Waals surface area (Å²) in [5.74, 6) is 0.560. The lowest BCUT2D eigenvalue weighted by molar-refractivity contribution is -0.373. The lowest BCUT2D eigenvalue weighted by atomic mass is 9.43. The maximum atomic E-state index is 12.5. The van der Waals surface area contributed by atoms with Crippen LogP contribution in [0.25, 0.3) is 0 Å². The predicted molar refractivity (Wildman–Crippen MR) is 167 cm³/mol. The van der Waals surface area contributed by atoms with Gasteiger partial charge in [-0.05, 0) is 86.5 Å². The molecule has 3 saturated heterocycles. The van der Waals surface area contributed by atoms with Gasteiger partial charge in [0.15, 0.2) is 12.6 Å². The Morgan fingerprint density at radius 3 is 2.14 bits per heavy atom. The summed E-state index contributed by atoms with van der Waals surface area (Å²) < 4.78 is 29.1. The van der Waals surface area contributed by atoms with E-state index >= 15 is 0 Å². The van der Waals surface area contributed by atoms with Crippen LogP contribution >= 0.6 is 0 Å². The molecule has 0 aromatic carbocycles. The van der Waals surface area contributed by atoms with Gasteiger partial charge in [0.2, 0.25) is 0 Å². The number of cyclic esters (lactones) is 1. The molecule has 17 atom stereocenters. The van der Waals surface area contributed by atoms with Crippen molar-refractivity contribution in [1.82, 2.24) is 0 Å². The van der Waals surface area contributed by atoms with Crippen LogP contribution in [-0.2, 0) is 28.5 Å². The number of aliphatic hydroxyl groups is 8. The van der Waals surface area contributed by atoms with E-state index in [9.17, 15) is 45.6 Å². The molecule has 0 aromatic rings. The minimum atomic E-state index is -1.74. The Labute approximate surface area is 285 Å². The summed E-state index contributed by atoms with van der Waals surface area (Å²) in [5.41, 5.74) is 1.03. The third-order valence-electron chi connectivity index (χ3n) is 14.1. The molecule has 0 radical (unpaired) electrons. The van der Waals surface area contributed by atoms with Gasteiger partial charge in [0.25, 0.3) is 0 Å². The highest BCUT2D eigenvalue weighted by Crippen LogP contribution is 2.69. The van der Waals surface area contributed by atoms with Crippen molar-refractivity contribution >= 4 is 5.97 Å². The van der Waals surface area contributed by atoms with Crippen LogP contribution < -0.4 is 0 Å². The average molecular weight is 699 g/mol. The molecule has 14 heteroatoms. The van der Waals surface area contributed by atoms with Gasteiger partial charge in [-0.2, -0.15) is 0 Å². The van der Waals surface area contributed by atoms with E-state index in [2.05, 4.69) is 13.8 Å². The molecule has 7 aliphatic rings. The fourth-order valence-electron chi connectivity index (χ4n) is 11.2. The van der Waals surface area contributed by atoms with Crippen LogP contribution in [0.5, 0.6) is 0 Å². The molecule has 0 amide bonds. The summed E-state index contributed by atoms with van der Waals surface area (Å²) in [7, 11) is 0. The van der Waals surface area contributed by atoms with E-state index in [1.807, 2.05) is 0 Å². The number of esters is 1. The Morgan fingerprint density at radius 1 is 0.776 bits per heavy atom. The van der Waals surface area contributed by atoms with Crippen molar-refractivity contribution in [2.24, 2.45) is 28.6 Å². The van der Waals surface area contributed by atoms with E-state index in [-0.39, 0.29) is 34.7 Å². The fourth-order valence-corrected chi connectivity index (χ4v) is 11.2. The number of rotatable bonds is 6. The number of aliphatic hydroxyl groups excluding tert-OH is 7. The Bertz CT molecular complexity index is 1280. The molecule has 0 unspecified atom stereocenters. The van der Waals surface area contributed by atoms with Gasteiger partial charge in [-0.15, -0.1) is 0 Å². The lowest BCUT2D eigenvalue weighted by Gasteiger charge is -2.63. The Morgan fingerprint density at radius 2 is 1.47 bits per heavy atom. The first-order chi connectivity index (χ1) is 23.3. The standard InChI is InChI=1S/C35H54O14/c1-33-8-5-18(46-32-30(28(42)26(40)23(14-37)48-32)49-31-29(43)27(41)25(39)22(13-36)47-31)12-17(33)3-4-21-20(33)6-9-34(2)19(7-10-35(21,34)44)16-11-24(38)45-15-16/h17-18,20-23,25-32,36-37,39-44H,3-15H2,1-2H3/b19-16+/t17-,18-,20+,21-,22+,23-,25+,26-,27-,28+,29-,30-,31-,32-,33+,34-,35-/m0/s1. The molecular weight excluding hydrogens is 644 g/mol. The molecule has 3 aliphatic heterocycles. The molecule has 3 heterocycles. The topological polar surface area (TPSA) is 225 Å². The van der Waals surface area contributed by atoms with Gasteiger partial charge < -0.3 is 64.5 Å². The lowest BCUT2D eigenvalue weighted by Crippen LogP contribution is -2.65. The van der Waals surface area contributed by atoms with Crippen LogP contribution in [0.1, 0.15) is 78.1 Å². The Balaban J connectivity index is 1.06. The molecule has 0 aromatic heterocycles. The summed E-state index contributed by atoms with van der Waals surface area (Å²) in [4.78, 5) is 11.9. The number of hydrogen-bond acceptors (Lipinski definition) is 14. The third-order valence-corrected chi connectivity index (χ3v) is 14.1. The van der Waals surface area contributed by atoms with Gasteiger partial charge in [0, 0.05) is 5.41 Å². The summed E-state index contributed by atoms with van der Waals surface area (Å²) in [6, 6.07) is 0. The molecular formula is C35H54O14. The van der Waals surface area contributed by atoms with Crippen LogP contribution in [0, 0.1) is 28.6 Å². The van der Waals surface area contributed by atoms with E-state index in [0.29, 0.717) is 38.2 Å². The van der Waals surface area contributed by atoms with Crippen LogP contribution in [-0.4, -0.2) is 140 Å². The molecule has 4 saturated carbocycles. The average Bonchev–Trinajstić information content (AvgIpc) is 3.63. The van der Waals surface area contributed by atoms with Gasteiger partial charge in [-0.3, -0.25) is 4.79 Å². The summed E-state index contributed by atoms with van der Waals surface area (Å²) in [6.45, 7) is 3.61. The normalized spacial score (nSPS) is 54.6. The van der Waals surface area contributed by atoms with Crippen molar-refractivity contribution in [3.63, 3.8) is 0 Å². The summed E-state index contributed by atoms with van der Waals surface area (Å²) >= 11 is 0.